The zero-order valence-corrected chi connectivity index (χ0v) is 14.5. The zero-order chi connectivity index (χ0) is 16.7. The van der Waals surface area contributed by atoms with Gasteiger partial charge in [-0.3, -0.25) is 4.79 Å². The average Bonchev–Trinajstić information content (AvgIpc) is 2.95. The predicted octanol–water partition coefficient (Wildman–Crippen LogP) is 1.44. The van der Waals surface area contributed by atoms with Crippen molar-refractivity contribution >= 4 is 23.3 Å². The Hall–Kier alpha value is -1.60. The number of carbonyl (C=O) groups is 2. The van der Waals surface area contributed by atoms with Crippen molar-refractivity contribution in [1.29, 1.82) is 0 Å². The molecule has 1 fully saturated rings. The third kappa shape index (κ3) is 5.84. The summed E-state index contributed by atoms with van der Waals surface area (Å²) in [4.78, 5) is 26.4. The summed E-state index contributed by atoms with van der Waals surface area (Å²) in [5.41, 5.74) is 6.59. The number of nitrogens with one attached hydrogen (secondary N) is 2. The number of nitrogens with zero attached hydrogens (tertiary/aromatic N) is 1. The molecule has 0 radical (unpaired) electrons. The minimum Gasteiger partial charge on any atom is -0.369 e. The monoisotopic (exact) mass is 338 g/mol. The molecule has 1 aromatic heterocycles. The number of rotatable bonds is 7. The minimum absolute atomic E-state index is 0.0194. The average molecular weight is 338 g/mol. The largest absolute Gasteiger partial charge is 0.369 e. The molecule has 1 aromatic rings. The second-order valence-electron chi connectivity index (χ2n) is 6.03. The van der Waals surface area contributed by atoms with E-state index in [0.717, 1.165) is 38.9 Å². The van der Waals surface area contributed by atoms with Gasteiger partial charge in [0.25, 0.3) is 0 Å². The van der Waals surface area contributed by atoms with E-state index in [1.54, 1.807) is 11.3 Å². The molecule has 0 unspecified atom stereocenters. The van der Waals surface area contributed by atoms with Crippen LogP contribution in [-0.2, 0) is 11.3 Å². The third-order valence-electron chi connectivity index (χ3n) is 4.22. The van der Waals surface area contributed by atoms with Gasteiger partial charge in [0.2, 0.25) is 5.91 Å². The second kappa shape index (κ2) is 8.88. The van der Waals surface area contributed by atoms with Crippen molar-refractivity contribution in [2.75, 3.05) is 26.2 Å². The normalized spacial score (nSPS) is 18.6. The number of amides is 3. The van der Waals surface area contributed by atoms with Crippen molar-refractivity contribution in [2.45, 2.75) is 32.7 Å². The van der Waals surface area contributed by atoms with E-state index in [9.17, 15) is 9.59 Å². The van der Waals surface area contributed by atoms with Crippen LogP contribution in [0.3, 0.4) is 0 Å². The first kappa shape index (κ1) is 17.7. The van der Waals surface area contributed by atoms with E-state index >= 15 is 0 Å². The number of hydrogen-bond acceptors (Lipinski definition) is 4. The lowest BCUT2D eigenvalue weighted by molar-refractivity contribution is -0.123. The van der Waals surface area contributed by atoms with Gasteiger partial charge < -0.3 is 21.3 Å². The Labute approximate surface area is 141 Å². The number of piperidine rings is 1. The smallest absolute Gasteiger partial charge is 0.315 e. The van der Waals surface area contributed by atoms with E-state index in [4.69, 9.17) is 5.73 Å². The van der Waals surface area contributed by atoms with Crippen LogP contribution in [0.2, 0.25) is 0 Å². The van der Waals surface area contributed by atoms with Gasteiger partial charge in [-0.15, -0.1) is 11.3 Å². The number of primary amides is 1. The highest BCUT2D eigenvalue weighted by atomic mass is 32.1. The Morgan fingerprint density at radius 2 is 2.26 bits per heavy atom. The molecule has 7 heteroatoms. The van der Waals surface area contributed by atoms with Crippen LogP contribution in [0.15, 0.2) is 11.4 Å². The number of likely N-dealkylation sites (tertiary alicyclic amines) is 1. The molecule has 2 rings (SSSR count). The maximum Gasteiger partial charge on any atom is 0.315 e. The third-order valence-corrected chi connectivity index (χ3v) is 5.25. The highest BCUT2D eigenvalue weighted by Crippen LogP contribution is 2.16. The summed E-state index contributed by atoms with van der Waals surface area (Å²) in [5, 5.41) is 7.78. The van der Waals surface area contributed by atoms with E-state index in [0.29, 0.717) is 13.1 Å². The molecule has 1 atom stereocenters. The summed E-state index contributed by atoms with van der Waals surface area (Å²) >= 11 is 1.65. The van der Waals surface area contributed by atoms with Crippen molar-refractivity contribution in [3.05, 3.63) is 21.9 Å². The molecule has 6 nitrogen and oxygen atoms in total. The Kier molecular flexibility index (Phi) is 6.85. The second-order valence-corrected chi connectivity index (χ2v) is 7.03. The van der Waals surface area contributed by atoms with Gasteiger partial charge in [-0.25, -0.2) is 4.79 Å². The Balaban J connectivity index is 1.57. The molecular formula is C16H26N4O2S. The number of hydrogen-bond donors (Lipinski definition) is 3. The van der Waals surface area contributed by atoms with Crippen molar-refractivity contribution in [3.63, 3.8) is 0 Å². The van der Waals surface area contributed by atoms with Crippen molar-refractivity contribution in [1.82, 2.24) is 15.5 Å². The lowest BCUT2D eigenvalue weighted by Crippen LogP contribution is -2.42. The van der Waals surface area contributed by atoms with E-state index in [2.05, 4.69) is 21.6 Å². The Morgan fingerprint density at radius 1 is 1.43 bits per heavy atom. The summed E-state index contributed by atoms with van der Waals surface area (Å²) in [5.74, 6) is -0.217. The van der Waals surface area contributed by atoms with Crippen LogP contribution in [-0.4, -0.2) is 43.0 Å². The Bertz CT molecular complexity index is 532. The standard InChI is InChI=1S/C16H26N4O2S/c1-12-5-9-23-14(12)10-19-16(22)18-6-3-8-20-7-2-4-13(11-20)15(17)21/h5,9,13H,2-4,6-8,10-11H2,1H3,(H2,17,21)(H2,18,19,22)/t13-/m1/s1. The number of aryl methyl sites for hydroxylation is 1. The highest BCUT2D eigenvalue weighted by Gasteiger charge is 2.23. The molecule has 0 saturated carbocycles. The van der Waals surface area contributed by atoms with Gasteiger partial charge in [0, 0.05) is 18.0 Å². The molecule has 0 aromatic carbocycles. The van der Waals surface area contributed by atoms with Crippen LogP contribution in [0.25, 0.3) is 0 Å². The SMILES string of the molecule is Cc1ccsc1CNC(=O)NCCCN1CCC[C@@H](C(N)=O)C1. The molecular weight excluding hydrogens is 312 g/mol. The van der Waals surface area contributed by atoms with Crippen molar-refractivity contribution in [3.8, 4) is 0 Å². The first-order chi connectivity index (χ1) is 11.1. The van der Waals surface area contributed by atoms with Gasteiger partial charge in [-0.1, -0.05) is 0 Å². The van der Waals surface area contributed by atoms with E-state index in [1.807, 2.05) is 12.3 Å². The molecule has 128 valence electrons. The summed E-state index contributed by atoms with van der Waals surface area (Å²) in [6.07, 6.45) is 2.78. The van der Waals surface area contributed by atoms with E-state index in [-0.39, 0.29) is 17.9 Å². The Morgan fingerprint density at radius 3 is 2.96 bits per heavy atom. The maximum absolute atomic E-state index is 11.7. The summed E-state index contributed by atoms with van der Waals surface area (Å²) in [6.45, 7) is 5.89. The van der Waals surface area contributed by atoms with Crippen molar-refractivity contribution in [2.24, 2.45) is 11.7 Å². The summed E-state index contributed by atoms with van der Waals surface area (Å²) in [7, 11) is 0. The van der Waals surface area contributed by atoms with Gasteiger partial charge in [0.15, 0.2) is 0 Å². The van der Waals surface area contributed by atoms with Crippen molar-refractivity contribution < 1.29 is 9.59 Å². The fourth-order valence-electron chi connectivity index (χ4n) is 2.80. The van der Waals surface area contributed by atoms with Gasteiger partial charge >= 0.3 is 6.03 Å². The topological polar surface area (TPSA) is 87.5 Å². The maximum atomic E-state index is 11.7. The molecule has 2 heterocycles. The molecule has 1 aliphatic rings. The van der Waals surface area contributed by atoms with Crippen LogP contribution in [0.4, 0.5) is 4.79 Å². The molecule has 1 aliphatic heterocycles. The lowest BCUT2D eigenvalue weighted by Gasteiger charge is -2.31. The number of thiophene rings is 1. The predicted molar refractivity (Wildman–Crippen MR) is 92.3 cm³/mol. The highest BCUT2D eigenvalue weighted by molar-refractivity contribution is 7.10. The molecule has 4 N–H and O–H groups in total. The zero-order valence-electron chi connectivity index (χ0n) is 13.6. The molecule has 0 spiro atoms. The summed E-state index contributed by atoms with van der Waals surface area (Å²) < 4.78 is 0. The lowest BCUT2D eigenvalue weighted by atomic mass is 9.97. The van der Waals surface area contributed by atoms with Gasteiger partial charge in [-0.2, -0.15) is 0 Å². The van der Waals surface area contributed by atoms with E-state index < -0.39 is 0 Å². The van der Waals surface area contributed by atoms with Crippen LogP contribution in [0.5, 0.6) is 0 Å². The molecule has 3 amide bonds. The number of urea groups is 1. The van der Waals surface area contributed by atoms with E-state index in [1.165, 1.54) is 10.4 Å². The van der Waals surface area contributed by atoms with Gasteiger partial charge in [-0.05, 0) is 56.3 Å². The minimum atomic E-state index is -0.198. The molecule has 0 bridgehead atoms. The van der Waals surface area contributed by atoms with Crippen LogP contribution in [0, 0.1) is 12.8 Å². The molecule has 0 aliphatic carbocycles. The summed E-state index contributed by atoms with van der Waals surface area (Å²) in [6, 6.07) is 1.92. The first-order valence-electron chi connectivity index (χ1n) is 8.12. The quantitative estimate of drug-likeness (QED) is 0.658. The van der Waals surface area contributed by atoms with Gasteiger partial charge in [0.1, 0.15) is 0 Å². The molecule has 1 saturated heterocycles. The molecule has 23 heavy (non-hydrogen) atoms. The fourth-order valence-corrected chi connectivity index (χ4v) is 3.65. The van der Waals surface area contributed by atoms with Crippen LogP contribution in [0.1, 0.15) is 29.7 Å². The van der Waals surface area contributed by atoms with Crippen LogP contribution < -0.4 is 16.4 Å². The fraction of sp³-hybridized carbons (Fsp3) is 0.625. The number of carbonyl (C=O) groups excluding carboxylic acids is 2. The first-order valence-corrected chi connectivity index (χ1v) is 9.00. The number of nitrogens with two attached hydrogens (primary N) is 1. The van der Waals surface area contributed by atoms with Crippen LogP contribution >= 0.6 is 11.3 Å². The van der Waals surface area contributed by atoms with Gasteiger partial charge in [0.05, 0.1) is 12.5 Å².